The van der Waals surface area contributed by atoms with E-state index in [1.54, 1.807) is 0 Å². The summed E-state index contributed by atoms with van der Waals surface area (Å²) in [6.45, 7) is -0.295. The normalized spacial score (nSPS) is 9.73. The molecule has 7 heteroatoms. The predicted octanol–water partition coefficient (Wildman–Crippen LogP) is -0.697. The first-order chi connectivity index (χ1) is 5.26. The van der Waals surface area contributed by atoms with Gasteiger partial charge in [0.2, 0.25) is 11.2 Å². The Balaban J connectivity index is 3.02. The Bertz CT molecular complexity index is 232. The largest absolute Gasteiger partial charge is 0.388 e. The van der Waals surface area contributed by atoms with E-state index in [1.165, 1.54) is 0 Å². The standard InChI is InChI=1S/C4H6ClN5O/c5-3-7-2(1-11)8-4(9-3)10-6/h11H,1,6H2,(H,7,8,9,10). The van der Waals surface area contributed by atoms with Crippen molar-refractivity contribution in [3.05, 3.63) is 11.1 Å². The first-order valence-corrected chi connectivity index (χ1v) is 3.12. The lowest BCUT2D eigenvalue weighted by molar-refractivity contribution is 0.271. The zero-order valence-corrected chi connectivity index (χ0v) is 6.21. The van der Waals surface area contributed by atoms with Crippen LogP contribution in [0.5, 0.6) is 0 Å². The molecule has 0 spiro atoms. The molecule has 0 aliphatic heterocycles. The van der Waals surface area contributed by atoms with Crippen molar-refractivity contribution in [3.8, 4) is 0 Å². The van der Waals surface area contributed by atoms with Gasteiger partial charge in [0, 0.05) is 0 Å². The van der Waals surface area contributed by atoms with Crippen molar-refractivity contribution >= 4 is 17.5 Å². The molecule has 11 heavy (non-hydrogen) atoms. The molecule has 0 radical (unpaired) electrons. The van der Waals surface area contributed by atoms with Crippen LogP contribution in [-0.2, 0) is 6.61 Å². The summed E-state index contributed by atoms with van der Waals surface area (Å²) >= 11 is 5.44. The van der Waals surface area contributed by atoms with Crippen LogP contribution < -0.4 is 11.3 Å². The fraction of sp³-hybridized carbons (Fsp3) is 0.250. The Kier molecular flexibility index (Phi) is 2.53. The summed E-state index contributed by atoms with van der Waals surface area (Å²) in [7, 11) is 0. The number of nitrogens with zero attached hydrogens (tertiary/aromatic N) is 3. The van der Waals surface area contributed by atoms with E-state index in [0.29, 0.717) is 0 Å². The quantitative estimate of drug-likeness (QED) is 0.406. The third-order valence-electron chi connectivity index (χ3n) is 0.925. The number of hydrogen-bond donors (Lipinski definition) is 3. The monoisotopic (exact) mass is 175 g/mol. The second-order valence-electron chi connectivity index (χ2n) is 1.65. The van der Waals surface area contributed by atoms with Crippen molar-refractivity contribution < 1.29 is 5.11 Å². The Morgan fingerprint density at radius 3 is 2.73 bits per heavy atom. The Hall–Kier alpha value is -0.980. The SMILES string of the molecule is NNc1nc(Cl)nc(CO)n1. The van der Waals surface area contributed by atoms with Crippen LogP contribution in [0.1, 0.15) is 5.82 Å². The summed E-state index contributed by atoms with van der Waals surface area (Å²) in [6, 6.07) is 0. The van der Waals surface area contributed by atoms with Gasteiger partial charge in [0.15, 0.2) is 5.82 Å². The zero-order chi connectivity index (χ0) is 8.27. The second kappa shape index (κ2) is 3.42. The van der Waals surface area contributed by atoms with Gasteiger partial charge in [-0.3, -0.25) is 5.43 Å². The fourth-order valence-corrected chi connectivity index (χ4v) is 0.704. The van der Waals surface area contributed by atoms with E-state index in [4.69, 9.17) is 22.6 Å². The highest BCUT2D eigenvalue weighted by Gasteiger charge is 2.01. The lowest BCUT2D eigenvalue weighted by Crippen LogP contribution is -2.12. The van der Waals surface area contributed by atoms with Crippen LogP contribution in [-0.4, -0.2) is 20.1 Å². The molecule has 0 bridgehead atoms. The van der Waals surface area contributed by atoms with Crippen LogP contribution in [0, 0.1) is 0 Å². The van der Waals surface area contributed by atoms with E-state index < -0.39 is 0 Å². The molecule has 0 amide bonds. The lowest BCUT2D eigenvalue weighted by atomic mass is 10.6. The number of aliphatic hydroxyl groups excluding tert-OH is 1. The average Bonchev–Trinajstić information content (AvgIpc) is 2.03. The van der Waals surface area contributed by atoms with E-state index in [9.17, 15) is 0 Å². The smallest absolute Gasteiger partial charge is 0.241 e. The molecule has 1 aromatic heterocycles. The first-order valence-electron chi connectivity index (χ1n) is 2.74. The lowest BCUT2D eigenvalue weighted by Gasteiger charge is -1.99. The molecule has 60 valence electrons. The maximum Gasteiger partial charge on any atom is 0.241 e. The van der Waals surface area contributed by atoms with E-state index in [0.717, 1.165) is 0 Å². The molecule has 0 aliphatic carbocycles. The summed E-state index contributed by atoms with van der Waals surface area (Å²) in [5.41, 5.74) is 2.18. The van der Waals surface area contributed by atoms with Gasteiger partial charge in [0.1, 0.15) is 6.61 Å². The molecule has 0 atom stereocenters. The van der Waals surface area contributed by atoms with Crippen LogP contribution in [0.4, 0.5) is 5.95 Å². The summed E-state index contributed by atoms with van der Waals surface area (Å²) in [5, 5.41) is 8.60. The Morgan fingerprint density at radius 1 is 1.45 bits per heavy atom. The second-order valence-corrected chi connectivity index (χ2v) is 1.98. The minimum absolute atomic E-state index is 0.00278. The minimum Gasteiger partial charge on any atom is -0.388 e. The van der Waals surface area contributed by atoms with Crippen molar-refractivity contribution in [2.45, 2.75) is 6.61 Å². The van der Waals surface area contributed by atoms with E-state index in [-0.39, 0.29) is 23.7 Å². The van der Waals surface area contributed by atoms with Crippen molar-refractivity contribution in [2.24, 2.45) is 5.84 Å². The maximum atomic E-state index is 8.60. The number of halogens is 1. The summed E-state index contributed by atoms with van der Waals surface area (Å²) in [6.07, 6.45) is 0. The van der Waals surface area contributed by atoms with Crippen LogP contribution in [0.15, 0.2) is 0 Å². The number of hydrogen-bond acceptors (Lipinski definition) is 6. The van der Waals surface area contributed by atoms with E-state index in [1.807, 2.05) is 0 Å². The summed E-state index contributed by atoms with van der Waals surface area (Å²) in [5.74, 6) is 5.31. The van der Waals surface area contributed by atoms with Crippen LogP contribution in [0.2, 0.25) is 5.28 Å². The summed E-state index contributed by atoms with van der Waals surface area (Å²) in [4.78, 5) is 10.9. The van der Waals surface area contributed by atoms with Gasteiger partial charge in [-0.25, -0.2) is 10.8 Å². The number of aromatic nitrogens is 3. The number of rotatable bonds is 2. The molecule has 6 nitrogen and oxygen atoms in total. The Morgan fingerprint density at radius 2 is 2.18 bits per heavy atom. The third-order valence-corrected chi connectivity index (χ3v) is 1.09. The van der Waals surface area contributed by atoms with Gasteiger partial charge in [-0.2, -0.15) is 9.97 Å². The van der Waals surface area contributed by atoms with Crippen LogP contribution in [0.25, 0.3) is 0 Å². The maximum absolute atomic E-state index is 8.60. The number of nitrogens with two attached hydrogens (primary N) is 1. The van der Waals surface area contributed by atoms with Gasteiger partial charge in [-0.05, 0) is 11.6 Å². The van der Waals surface area contributed by atoms with E-state index >= 15 is 0 Å². The molecule has 1 aromatic rings. The predicted molar refractivity (Wildman–Crippen MR) is 38.6 cm³/mol. The van der Waals surface area contributed by atoms with Crippen molar-refractivity contribution in [1.29, 1.82) is 0 Å². The highest BCUT2D eigenvalue weighted by molar-refractivity contribution is 6.28. The average molecular weight is 176 g/mol. The number of hydrazine groups is 1. The highest BCUT2D eigenvalue weighted by atomic mass is 35.5. The van der Waals surface area contributed by atoms with Gasteiger partial charge >= 0.3 is 0 Å². The molecule has 0 saturated carbocycles. The summed E-state index contributed by atoms with van der Waals surface area (Å²) < 4.78 is 0. The van der Waals surface area contributed by atoms with Crippen molar-refractivity contribution in [3.63, 3.8) is 0 Å². The minimum atomic E-state index is -0.295. The number of anilines is 1. The molecule has 0 aromatic carbocycles. The number of nitrogen functional groups attached to an aromatic ring is 1. The van der Waals surface area contributed by atoms with Gasteiger partial charge < -0.3 is 5.11 Å². The molecule has 0 unspecified atom stereocenters. The molecule has 1 rings (SSSR count). The molecular weight excluding hydrogens is 170 g/mol. The molecular formula is C4H6ClN5O. The topological polar surface area (TPSA) is 97.0 Å². The van der Waals surface area contributed by atoms with Crippen LogP contribution >= 0.6 is 11.6 Å². The zero-order valence-electron chi connectivity index (χ0n) is 5.45. The highest BCUT2D eigenvalue weighted by Crippen LogP contribution is 2.03. The molecule has 0 saturated heterocycles. The fourth-order valence-electron chi connectivity index (χ4n) is 0.526. The van der Waals surface area contributed by atoms with Crippen LogP contribution in [0.3, 0.4) is 0 Å². The van der Waals surface area contributed by atoms with E-state index in [2.05, 4.69) is 20.4 Å². The van der Waals surface area contributed by atoms with Gasteiger partial charge in [-0.1, -0.05) is 0 Å². The van der Waals surface area contributed by atoms with Crippen molar-refractivity contribution in [1.82, 2.24) is 15.0 Å². The first kappa shape index (κ1) is 8.12. The molecule has 4 N–H and O–H groups in total. The molecule has 0 aliphatic rings. The molecule has 0 fully saturated rings. The molecule has 1 heterocycles. The van der Waals surface area contributed by atoms with Gasteiger partial charge in [-0.15, -0.1) is 0 Å². The van der Waals surface area contributed by atoms with Gasteiger partial charge in [0.25, 0.3) is 0 Å². The van der Waals surface area contributed by atoms with Gasteiger partial charge in [0.05, 0.1) is 0 Å². The third kappa shape index (κ3) is 1.97. The number of nitrogens with one attached hydrogen (secondary N) is 1. The number of aliphatic hydroxyl groups is 1. The Labute approximate surface area is 67.4 Å². The van der Waals surface area contributed by atoms with Crippen molar-refractivity contribution in [2.75, 3.05) is 5.43 Å².